The number of aromatic nitrogens is 2. The van der Waals surface area contributed by atoms with Crippen LogP contribution in [0.5, 0.6) is 0 Å². The van der Waals surface area contributed by atoms with E-state index in [9.17, 15) is 4.79 Å². The Kier molecular flexibility index (Phi) is 5.36. The number of hydrogen-bond donors (Lipinski definition) is 2. The molecule has 3 N–H and O–H groups in total. The highest BCUT2D eigenvalue weighted by Crippen LogP contribution is 2.25. The predicted molar refractivity (Wildman–Crippen MR) is 90.4 cm³/mol. The fourth-order valence-corrected chi connectivity index (χ4v) is 2.63. The van der Waals surface area contributed by atoms with Crippen LogP contribution >= 0.6 is 0 Å². The highest BCUT2D eigenvalue weighted by atomic mass is 16.5. The molecule has 0 fully saturated rings. The van der Waals surface area contributed by atoms with Crippen LogP contribution in [0, 0.1) is 12.8 Å². The van der Waals surface area contributed by atoms with Crippen molar-refractivity contribution in [1.29, 1.82) is 0 Å². The van der Waals surface area contributed by atoms with E-state index in [4.69, 9.17) is 10.3 Å². The Labute approximate surface area is 136 Å². The van der Waals surface area contributed by atoms with Crippen LogP contribution in [0.15, 0.2) is 10.6 Å². The fraction of sp³-hybridized carbons (Fsp3) is 0.588. The summed E-state index contributed by atoms with van der Waals surface area (Å²) in [5, 5.41) is 7.65. The lowest BCUT2D eigenvalue weighted by molar-refractivity contribution is 0.0935. The van der Waals surface area contributed by atoms with E-state index in [0.717, 1.165) is 12.1 Å². The molecular formula is C17H26N4O2. The maximum atomic E-state index is 12.8. The van der Waals surface area contributed by atoms with Crippen LogP contribution in [-0.2, 0) is 0 Å². The highest BCUT2D eigenvalue weighted by Gasteiger charge is 2.21. The molecule has 1 unspecified atom stereocenters. The standard InChI is InChI=1S/C17H26N4O2/c1-9(2)6-12(8-18)19-16(22)13-7-14(10(3)4)20-17-15(13)11(5)21-23-17/h7,9-10,12H,6,8,18H2,1-5H3,(H,19,22). The van der Waals surface area contributed by atoms with E-state index in [2.05, 4.69) is 29.3 Å². The normalized spacial score (nSPS) is 13.0. The Hall–Kier alpha value is -1.95. The number of carbonyl (C=O) groups is 1. The Balaban J connectivity index is 2.40. The van der Waals surface area contributed by atoms with Gasteiger partial charge < -0.3 is 15.6 Å². The van der Waals surface area contributed by atoms with Gasteiger partial charge in [0.2, 0.25) is 0 Å². The molecule has 2 aromatic heterocycles. The van der Waals surface area contributed by atoms with Crippen LogP contribution in [0.4, 0.5) is 0 Å². The molecule has 2 rings (SSSR count). The zero-order valence-electron chi connectivity index (χ0n) is 14.5. The van der Waals surface area contributed by atoms with Gasteiger partial charge in [0.05, 0.1) is 16.6 Å². The summed E-state index contributed by atoms with van der Waals surface area (Å²) >= 11 is 0. The zero-order chi connectivity index (χ0) is 17.1. The topological polar surface area (TPSA) is 94.0 Å². The number of nitrogens with zero attached hydrogens (tertiary/aromatic N) is 2. The third kappa shape index (κ3) is 3.88. The molecule has 126 valence electrons. The smallest absolute Gasteiger partial charge is 0.259 e. The minimum Gasteiger partial charge on any atom is -0.348 e. The predicted octanol–water partition coefficient (Wildman–Crippen LogP) is 2.76. The average molecular weight is 318 g/mol. The molecule has 6 nitrogen and oxygen atoms in total. The number of amides is 1. The molecule has 0 radical (unpaired) electrons. The van der Waals surface area contributed by atoms with Crippen molar-refractivity contribution in [2.24, 2.45) is 11.7 Å². The van der Waals surface area contributed by atoms with Crippen molar-refractivity contribution in [3.63, 3.8) is 0 Å². The third-order valence-electron chi connectivity index (χ3n) is 3.85. The van der Waals surface area contributed by atoms with Crippen molar-refractivity contribution in [3.05, 3.63) is 23.0 Å². The molecule has 0 aromatic carbocycles. The Bertz CT molecular complexity index is 691. The number of nitrogens with two attached hydrogens (primary N) is 1. The lowest BCUT2D eigenvalue weighted by Crippen LogP contribution is -2.41. The zero-order valence-corrected chi connectivity index (χ0v) is 14.5. The maximum Gasteiger partial charge on any atom is 0.259 e. The van der Waals surface area contributed by atoms with E-state index in [1.165, 1.54) is 0 Å². The van der Waals surface area contributed by atoms with Crippen LogP contribution < -0.4 is 11.1 Å². The molecule has 0 aliphatic carbocycles. The first-order valence-corrected chi connectivity index (χ1v) is 8.11. The molecule has 0 saturated heterocycles. The summed E-state index contributed by atoms with van der Waals surface area (Å²) in [4.78, 5) is 17.2. The van der Waals surface area contributed by atoms with E-state index < -0.39 is 0 Å². The first-order valence-electron chi connectivity index (χ1n) is 8.11. The number of nitrogens with one attached hydrogen (secondary N) is 1. The van der Waals surface area contributed by atoms with Crippen molar-refractivity contribution in [2.45, 2.75) is 53.0 Å². The van der Waals surface area contributed by atoms with Gasteiger partial charge in [-0.3, -0.25) is 4.79 Å². The molecule has 0 aliphatic heterocycles. The van der Waals surface area contributed by atoms with Crippen LogP contribution in [0.1, 0.15) is 61.8 Å². The number of carbonyl (C=O) groups excluding carboxylic acids is 1. The summed E-state index contributed by atoms with van der Waals surface area (Å²) in [7, 11) is 0. The number of hydrogen-bond acceptors (Lipinski definition) is 5. The second kappa shape index (κ2) is 7.08. The summed E-state index contributed by atoms with van der Waals surface area (Å²) in [5.74, 6) is 0.504. The first-order chi connectivity index (χ1) is 10.8. The molecular weight excluding hydrogens is 292 g/mol. The number of rotatable bonds is 6. The number of aryl methyl sites for hydroxylation is 1. The SMILES string of the molecule is Cc1noc2nc(C(C)C)cc(C(=O)NC(CN)CC(C)C)c12. The van der Waals surface area contributed by atoms with Gasteiger partial charge >= 0.3 is 0 Å². The van der Waals surface area contributed by atoms with Gasteiger partial charge in [-0.15, -0.1) is 0 Å². The van der Waals surface area contributed by atoms with Gasteiger partial charge in [0.25, 0.3) is 11.6 Å². The highest BCUT2D eigenvalue weighted by molar-refractivity contribution is 6.06. The molecule has 2 aromatic rings. The maximum absolute atomic E-state index is 12.8. The van der Waals surface area contributed by atoms with E-state index in [0.29, 0.717) is 34.8 Å². The molecule has 0 aliphatic rings. The van der Waals surface area contributed by atoms with Crippen molar-refractivity contribution in [1.82, 2.24) is 15.5 Å². The average Bonchev–Trinajstić information content (AvgIpc) is 2.86. The van der Waals surface area contributed by atoms with Crippen molar-refractivity contribution in [3.8, 4) is 0 Å². The Morgan fingerprint density at radius 2 is 2.04 bits per heavy atom. The van der Waals surface area contributed by atoms with Gasteiger partial charge in [-0.1, -0.05) is 32.9 Å². The third-order valence-corrected chi connectivity index (χ3v) is 3.85. The molecule has 2 heterocycles. The summed E-state index contributed by atoms with van der Waals surface area (Å²) < 4.78 is 5.26. The van der Waals surface area contributed by atoms with Crippen LogP contribution in [0.25, 0.3) is 11.1 Å². The van der Waals surface area contributed by atoms with Crippen molar-refractivity contribution < 1.29 is 9.32 Å². The lowest BCUT2D eigenvalue weighted by atomic mass is 10.0. The van der Waals surface area contributed by atoms with Crippen LogP contribution in [-0.4, -0.2) is 28.6 Å². The van der Waals surface area contributed by atoms with Gasteiger partial charge in [0.15, 0.2) is 0 Å². The molecule has 1 atom stereocenters. The second-order valence-corrected chi connectivity index (χ2v) is 6.73. The monoisotopic (exact) mass is 318 g/mol. The fourth-order valence-electron chi connectivity index (χ4n) is 2.63. The summed E-state index contributed by atoms with van der Waals surface area (Å²) in [6.45, 7) is 10.5. The number of pyridine rings is 1. The summed E-state index contributed by atoms with van der Waals surface area (Å²) in [5.41, 5.74) is 8.23. The van der Waals surface area contributed by atoms with E-state index in [-0.39, 0.29) is 17.9 Å². The van der Waals surface area contributed by atoms with Gasteiger partial charge in [0.1, 0.15) is 0 Å². The second-order valence-electron chi connectivity index (χ2n) is 6.73. The van der Waals surface area contributed by atoms with Gasteiger partial charge in [0, 0.05) is 18.3 Å². The molecule has 0 bridgehead atoms. The molecule has 23 heavy (non-hydrogen) atoms. The Morgan fingerprint density at radius 3 is 2.61 bits per heavy atom. The first kappa shape index (κ1) is 17.4. The van der Waals surface area contributed by atoms with E-state index in [1.54, 1.807) is 0 Å². The van der Waals surface area contributed by atoms with Crippen molar-refractivity contribution >= 4 is 17.0 Å². The van der Waals surface area contributed by atoms with E-state index >= 15 is 0 Å². The molecule has 6 heteroatoms. The summed E-state index contributed by atoms with van der Waals surface area (Å²) in [6.07, 6.45) is 0.843. The minimum atomic E-state index is -0.151. The quantitative estimate of drug-likeness (QED) is 0.854. The largest absolute Gasteiger partial charge is 0.348 e. The van der Waals surface area contributed by atoms with Gasteiger partial charge in [-0.05, 0) is 31.2 Å². The van der Waals surface area contributed by atoms with E-state index in [1.807, 2.05) is 26.8 Å². The lowest BCUT2D eigenvalue weighted by Gasteiger charge is -2.19. The van der Waals surface area contributed by atoms with Crippen molar-refractivity contribution in [2.75, 3.05) is 6.54 Å². The van der Waals surface area contributed by atoms with Gasteiger partial charge in [-0.25, -0.2) is 4.98 Å². The molecule has 0 saturated carbocycles. The minimum absolute atomic E-state index is 0.0478. The van der Waals surface area contributed by atoms with Crippen LogP contribution in [0.3, 0.4) is 0 Å². The summed E-state index contributed by atoms with van der Waals surface area (Å²) in [6, 6.07) is 1.78. The van der Waals surface area contributed by atoms with Gasteiger partial charge in [-0.2, -0.15) is 0 Å². The Morgan fingerprint density at radius 1 is 1.35 bits per heavy atom. The number of fused-ring (bicyclic) bond motifs is 1. The molecule has 0 spiro atoms. The molecule has 1 amide bonds. The van der Waals surface area contributed by atoms with Crippen LogP contribution in [0.2, 0.25) is 0 Å².